The number of hydrogen-bond donors (Lipinski definition) is 1. The summed E-state index contributed by atoms with van der Waals surface area (Å²) >= 11 is 0. The Morgan fingerprint density at radius 1 is 1.29 bits per heavy atom. The third kappa shape index (κ3) is 2.45. The van der Waals surface area contributed by atoms with E-state index in [1.807, 2.05) is 24.3 Å². The molecule has 0 bridgehead atoms. The van der Waals surface area contributed by atoms with Crippen molar-refractivity contribution in [1.29, 1.82) is 5.26 Å². The van der Waals surface area contributed by atoms with Crippen LogP contribution in [0.3, 0.4) is 0 Å². The van der Waals surface area contributed by atoms with Gasteiger partial charge in [-0.15, -0.1) is 0 Å². The first-order chi connectivity index (χ1) is 8.36. The summed E-state index contributed by atoms with van der Waals surface area (Å²) in [4.78, 5) is 4.46. The molecule has 0 amide bonds. The maximum Gasteiger partial charge on any atom is 0.124 e. The molecule has 0 saturated carbocycles. The van der Waals surface area contributed by atoms with E-state index in [1.54, 1.807) is 0 Å². The number of unbranched alkanes of at least 4 members (excludes halogenated alkanes) is 1. The van der Waals surface area contributed by atoms with Crippen molar-refractivity contribution in [2.75, 3.05) is 6.61 Å². The van der Waals surface area contributed by atoms with Crippen molar-refractivity contribution in [3.05, 3.63) is 30.1 Å². The number of fused-ring (bicyclic) bond motifs is 1. The largest absolute Gasteiger partial charge is 0.396 e. The SMILES string of the molecule is N#CCc1nc2ccccc2n1CCCCO. The minimum absolute atomic E-state index is 0.209. The third-order valence-corrected chi connectivity index (χ3v) is 2.76. The standard InChI is InChI=1S/C13H15N3O/c14-8-7-13-15-11-5-1-2-6-12(11)16(13)9-3-4-10-17/h1-2,5-6,17H,3-4,7,9-10H2. The predicted octanol–water partition coefficient (Wildman–Crippen LogP) is 1.87. The van der Waals surface area contributed by atoms with E-state index in [2.05, 4.69) is 15.6 Å². The number of imidazole rings is 1. The highest BCUT2D eigenvalue weighted by Crippen LogP contribution is 2.17. The molecule has 0 saturated heterocycles. The average Bonchev–Trinajstić information content (AvgIpc) is 2.69. The van der Waals surface area contributed by atoms with Gasteiger partial charge < -0.3 is 9.67 Å². The number of aliphatic hydroxyl groups is 1. The molecule has 0 fully saturated rings. The van der Waals surface area contributed by atoms with Gasteiger partial charge in [0.1, 0.15) is 5.82 Å². The highest BCUT2D eigenvalue weighted by Gasteiger charge is 2.09. The van der Waals surface area contributed by atoms with Crippen LogP contribution in [0.4, 0.5) is 0 Å². The fourth-order valence-corrected chi connectivity index (χ4v) is 1.96. The Hall–Kier alpha value is -1.86. The van der Waals surface area contributed by atoms with Crippen molar-refractivity contribution in [1.82, 2.24) is 9.55 Å². The predicted molar refractivity (Wildman–Crippen MR) is 65.4 cm³/mol. The van der Waals surface area contributed by atoms with Gasteiger partial charge >= 0.3 is 0 Å². The van der Waals surface area contributed by atoms with E-state index in [4.69, 9.17) is 10.4 Å². The van der Waals surface area contributed by atoms with E-state index in [9.17, 15) is 0 Å². The summed E-state index contributed by atoms with van der Waals surface area (Å²) < 4.78 is 2.08. The summed E-state index contributed by atoms with van der Waals surface area (Å²) in [7, 11) is 0. The average molecular weight is 229 g/mol. The molecular weight excluding hydrogens is 214 g/mol. The first-order valence-corrected chi connectivity index (χ1v) is 5.78. The molecule has 1 aromatic carbocycles. The van der Waals surface area contributed by atoms with Crippen LogP contribution in [0.15, 0.2) is 24.3 Å². The number of rotatable bonds is 5. The lowest BCUT2D eigenvalue weighted by atomic mass is 10.3. The maximum absolute atomic E-state index is 8.80. The smallest absolute Gasteiger partial charge is 0.124 e. The van der Waals surface area contributed by atoms with E-state index in [-0.39, 0.29) is 6.61 Å². The third-order valence-electron chi connectivity index (χ3n) is 2.76. The van der Waals surface area contributed by atoms with Crippen molar-refractivity contribution in [3.63, 3.8) is 0 Å². The van der Waals surface area contributed by atoms with Crippen LogP contribution in [0.2, 0.25) is 0 Å². The molecular formula is C13H15N3O. The van der Waals surface area contributed by atoms with Crippen molar-refractivity contribution in [2.45, 2.75) is 25.8 Å². The van der Waals surface area contributed by atoms with Crippen LogP contribution in [0.5, 0.6) is 0 Å². The van der Waals surface area contributed by atoms with Gasteiger partial charge in [0.25, 0.3) is 0 Å². The molecule has 0 atom stereocenters. The van der Waals surface area contributed by atoms with Crippen molar-refractivity contribution >= 4 is 11.0 Å². The van der Waals surface area contributed by atoms with Crippen LogP contribution in [0, 0.1) is 11.3 Å². The normalized spacial score (nSPS) is 10.6. The molecule has 1 N–H and O–H groups in total. The lowest BCUT2D eigenvalue weighted by Crippen LogP contribution is -2.04. The highest BCUT2D eigenvalue weighted by atomic mass is 16.2. The first-order valence-electron chi connectivity index (χ1n) is 5.78. The van der Waals surface area contributed by atoms with Crippen LogP contribution in [-0.4, -0.2) is 21.3 Å². The Bertz CT molecular complexity index is 539. The summed E-state index contributed by atoms with van der Waals surface area (Å²) in [5, 5.41) is 17.6. The summed E-state index contributed by atoms with van der Waals surface area (Å²) in [6, 6.07) is 10.0. The Morgan fingerprint density at radius 2 is 2.12 bits per heavy atom. The minimum atomic E-state index is 0.209. The van der Waals surface area contributed by atoms with Gasteiger partial charge in [0.2, 0.25) is 0 Å². The molecule has 2 aromatic rings. The molecule has 1 heterocycles. The fourth-order valence-electron chi connectivity index (χ4n) is 1.96. The van der Waals surface area contributed by atoms with Crippen LogP contribution in [0.25, 0.3) is 11.0 Å². The number of aryl methyl sites for hydroxylation is 1. The van der Waals surface area contributed by atoms with Crippen LogP contribution >= 0.6 is 0 Å². The second-order valence-corrected chi connectivity index (χ2v) is 3.93. The van der Waals surface area contributed by atoms with Gasteiger partial charge in [-0.3, -0.25) is 0 Å². The monoisotopic (exact) mass is 229 g/mol. The van der Waals surface area contributed by atoms with Crippen molar-refractivity contribution < 1.29 is 5.11 Å². The molecule has 88 valence electrons. The summed E-state index contributed by atoms with van der Waals surface area (Å²) in [6.45, 7) is 1.01. The van der Waals surface area contributed by atoms with E-state index >= 15 is 0 Å². The maximum atomic E-state index is 8.80. The van der Waals surface area contributed by atoms with E-state index in [0.717, 1.165) is 36.2 Å². The zero-order chi connectivity index (χ0) is 12.1. The van der Waals surface area contributed by atoms with Gasteiger partial charge in [0, 0.05) is 13.2 Å². The van der Waals surface area contributed by atoms with Crippen LogP contribution in [0.1, 0.15) is 18.7 Å². The number of para-hydroxylation sites is 2. The van der Waals surface area contributed by atoms with E-state index < -0.39 is 0 Å². The van der Waals surface area contributed by atoms with Crippen LogP contribution in [-0.2, 0) is 13.0 Å². The Morgan fingerprint density at radius 3 is 2.88 bits per heavy atom. The second-order valence-electron chi connectivity index (χ2n) is 3.93. The first kappa shape index (κ1) is 11.6. The lowest BCUT2D eigenvalue weighted by Gasteiger charge is -2.06. The van der Waals surface area contributed by atoms with E-state index in [0.29, 0.717) is 6.42 Å². The quantitative estimate of drug-likeness (QED) is 0.796. The van der Waals surface area contributed by atoms with Gasteiger partial charge in [-0.1, -0.05) is 12.1 Å². The molecule has 0 unspecified atom stereocenters. The number of nitriles is 1. The van der Waals surface area contributed by atoms with Gasteiger partial charge in [-0.05, 0) is 25.0 Å². The van der Waals surface area contributed by atoms with Gasteiger partial charge in [-0.25, -0.2) is 4.98 Å². The fraction of sp³-hybridized carbons (Fsp3) is 0.385. The Kier molecular flexibility index (Phi) is 3.73. The summed E-state index contributed by atoms with van der Waals surface area (Å²) in [6.07, 6.45) is 2.00. The lowest BCUT2D eigenvalue weighted by molar-refractivity contribution is 0.281. The zero-order valence-corrected chi connectivity index (χ0v) is 9.63. The molecule has 2 rings (SSSR count). The molecule has 4 heteroatoms. The number of benzene rings is 1. The van der Waals surface area contributed by atoms with Gasteiger partial charge in [0.05, 0.1) is 23.5 Å². The van der Waals surface area contributed by atoms with Crippen LogP contribution < -0.4 is 0 Å². The minimum Gasteiger partial charge on any atom is -0.396 e. The Balaban J connectivity index is 2.34. The number of aliphatic hydroxyl groups excluding tert-OH is 1. The molecule has 0 spiro atoms. The molecule has 4 nitrogen and oxygen atoms in total. The molecule has 0 radical (unpaired) electrons. The Labute approximate surface area is 100 Å². The summed E-state index contributed by atoms with van der Waals surface area (Å²) in [5.74, 6) is 0.812. The molecule has 0 aliphatic heterocycles. The van der Waals surface area contributed by atoms with Crippen molar-refractivity contribution in [2.24, 2.45) is 0 Å². The molecule has 17 heavy (non-hydrogen) atoms. The highest BCUT2D eigenvalue weighted by molar-refractivity contribution is 5.75. The number of aromatic nitrogens is 2. The molecule has 1 aromatic heterocycles. The van der Waals surface area contributed by atoms with E-state index in [1.165, 1.54) is 0 Å². The van der Waals surface area contributed by atoms with Gasteiger partial charge in [0.15, 0.2) is 0 Å². The zero-order valence-electron chi connectivity index (χ0n) is 9.63. The molecule has 0 aliphatic rings. The summed E-state index contributed by atoms with van der Waals surface area (Å²) in [5.41, 5.74) is 2.00. The number of hydrogen-bond acceptors (Lipinski definition) is 3. The number of nitrogens with zero attached hydrogens (tertiary/aromatic N) is 3. The molecule has 0 aliphatic carbocycles. The second kappa shape index (κ2) is 5.46. The van der Waals surface area contributed by atoms with Gasteiger partial charge in [-0.2, -0.15) is 5.26 Å². The topological polar surface area (TPSA) is 61.8 Å². The van der Waals surface area contributed by atoms with Crippen molar-refractivity contribution in [3.8, 4) is 6.07 Å².